The van der Waals surface area contributed by atoms with Crippen LogP contribution in [0.3, 0.4) is 0 Å². The van der Waals surface area contributed by atoms with E-state index in [1.807, 2.05) is 0 Å². The summed E-state index contributed by atoms with van der Waals surface area (Å²) >= 11 is 1.68. The van der Waals surface area contributed by atoms with E-state index in [1.165, 1.54) is 0 Å². The molecule has 2 N–H and O–H groups in total. The van der Waals surface area contributed by atoms with E-state index in [-0.39, 0.29) is 11.8 Å². The molecular formula is C14H15N3O2S. The van der Waals surface area contributed by atoms with Crippen LogP contribution in [0.1, 0.15) is 34.6 Å². The van der Waals surface area contributed by atoms with Gasteiger partial charge in [-0.3, -0.25) is 19.9 Å². The average molecular weight is 289 g/mol. The lowest BCUT2D eigenvalue weighted by atomic mass is 10.1. The summed E-state index contributed by atoms with van der Waals surface area (Å²) in [5, 5.41) is 6.37. The standard InChI is InChI=1S/C14H15N3O2S/c1-7(2)11-6-20-14(16-11)15-8-3-4-9-10(5-8)13(19)17-12(9)18/h3-5,7,11H,6H2,1-2H3,(H,15,16)(H,17,18,19). The summed E-state index contributed by atoms with van der Waals surface area (Å²) in [6.45, 7) is 4.31. The highest BCUT2D eigenvalue weighted by Gasteiger charge is 2.27. The molecular weight excluding hydrogens is 274 g/mol. The maximum Gasteiger partial charge on any atom is 0.259 e. The summed E-state index contributed by atoms with van der Waals surface area (Å²) in [5.74, 6) is 0.827. The van der Waals surface area contributed by atoms with Crippen LogP contribution in [0.2, 0.25) is 0 Å². The molecule has 0 aliphatic carbocycles. The lowest BCUT2D eigenvalue weighted by Crippen LogP contribution is -2.19. The first-order valence-electron chi connectivity index (χ1n) is 6.52. The minimum absolute atomic E-state index is 0.330. The minimum Gasteiger partial charge on any atom is -0.335 e. The molecule has 104 valence electrons. The Morgan fingerprint density at radius 2 is 2.05 bits per heavy atom. The van der Waals surface area contributed by atoms with Crippen molar-refractivity contribution in [3.8, 4) is 0 Å². The van der Waals surface area contributed by atoms with Crippen molar-refractivity contribution in [2.45, 2.75) is 19.9 Å². The predicted octanol–water partition coefficient (Wildman–Crippen LogP) is 2.11. The third-order valence-corrected chi connectivity index (χ3v) is 4.42. The molecule has 2 amide bonds. The average Bonchev–Trinajstić information content (AvgIpc) is 2.96. The molecule has 1 unspecified atom stereocenters. The zero-order valence-electron chi connectivity index (χ0n) is 11.3. The van der Waals surface area contributed by atoms with E-state index in [9.17, 15) is 9.59 Å². The summed E-state index contributed by atoms with van der Waals surface area (Å²) in [5.41, 5.74) is 1.63. The Morgan fingerprint density at radius 3 is 2.75 bits per heavy atom. The second-order valence-electron chi connectivity index (χ2n) is 5.23. The zero-order valence-corrected chi connectivity index (χ0v) is 12.1. The van der Waals surface area contributed by atoms with Gasteiger partial charge in [0.1, 0.15) is 0 Å². The summed E-state index contributed by atoms with van der Waals surface area (Å²) in [6, 6.07) is 5.49. The first-order valence-corrected chi connectivity index (χ1v) is 7.50. The van der Waals surface area contributed by atoms with Crippen molar-refractivity contribution in [2.24, 2.45) is 10.9 Å². The molecule has 2 aliphatic heterocycles. The summed E-state index contributed by atoms with van der Waals surface area (Å²) in [6.07, 6.45) is 0. The molecule has 0 bridgehead atoms. The van der Waals surface area contributed by atoms with Gasteiger partial charge < -0.3 is 5.32 Å². The fourth-order valence-electron chi connectivity index (χ4n) is 2.17. The predicted molar refractivity (Wildman–Crippen MR) is 80.4 cm³/mol. The van der Waals surface area contributed by atoms with E-state index in [2.05, 4.69) is 29.5 Å². The topological polar surface area (TPSA) is 70.6 Å². The highest BCUT2D eigenvalue weighted by molar-refractivity contribution is 8.14. The van der Waals surface area contributed by atoms with Crippen molar-refractivity contribution in [3.63, 3.8) is 0 Å². The van der Waals surface area contributed by atoms with Crippen LogP contribution in [0, 0.1) is 5.92 Å². The molecule has 2 heterocycles. The highest BCUT2D eigenvalue weighted by atomic mass is 32.2. The van der Waals surface area contributed by atoms with Crippen LogP contribution in [-0.4, -0.2) is 28.8 Å². The molecule has 2 aliphatic rings. The molecule has 0 aromatic heterocycles. The summed E-state index contributed by atoms with van der Waals surface area (Å²) in [4.78, 5) is 27.7. The Morgan fingerprint density at radius 1 is 1.30 bits per heavy atom. The van der Waals surface area contributed by atoms with Crippen molar-refractivity contribution in [1.82, 2.24) is 5.32 Å². The van der Waals surface area contributed by atoms with Crippen molar-refractivity contribution >= 4 is 34.4 Å². The number of hydrogen-bond acceptors (Lipinski definition) is 5. The van der Waals surface area contributed by atoms with Gasteiger partial charge in [0, 0.05) is 11.4 Å². The van der Waals surface area contributed by atoms with E-state index in [0.29, 0.717) is 23.1 Å². The van der Waals surface area contributed by atoms with Gasteiger partial charge in [-0.25, -0.2) is 0 Å². The van der Waals surface area contributed by atoms with Crippen molar-refractivity contribution in [3.05, 3.63) is 29.3 Å². The monoisotopic (exact) mass is 289 g/mol. The van der Waals surface area contributed by atoms with Gasteiger partial charge in [0.2, 0.25) is 0 Å². The first kappa shape index (κ1) is 13.2. The van der Waals surface area contributed by atoms with Crippen LogP contribution >= 0.6 is 11.8 Å². The number of aliphatic imine (C=N–C) groups is 1. The Hall–Kier alpha value is -1.82. The Balaban J connectivity index is 1.80. The second-order valence-corrected chi connectivity index (χ2v) is 6.23. The first-order chi connectivity index (χ1) is 9.54. The van der Waals surface area contributed by atoms with Gasteiger partial charge in [0.05, 0.1) is 17.2 Å². The Kier molecular flexibility index (Phi) is 3.25. The van der Waals surface area contributed by atoms with Crippen LogP contribution < -0.4 is 10.6 Å². The second kappa shape index (κ2) is 4.94. The van der Waals surface area contributed by atoms with Crippen molar-refractivity contribution in [2.75, 3.05) is 11.1 Å². The van der Waals surface area contributed by atoms with Gasteiger partial charge in [-0.15, -0.1) is 0 Å². The molecule has 5 nitrogen and oxygen atoms in total. The third kappa shape index (κ3) is 2.31. The lowest BCUT2D eigenvalue weighted by molar-refractivity contribution is 0.0879. The number of nitrogens with one attached hydrogen (secondary N) is 2. The number of anilines is 1. The highest BCUT2D eigenvalue weighted by Crippen LogP contribution is 2.26. The maximum absolute atomic E-state index is 11.6. The molecule has 0 saturated carbocycles. The van der Waals surface area contributed by atoms with E-state index in [0.717, 1.165) is 16.6 Å². The van der Waals surface area contributed by atoms with Gasteiger partial charge in [-0.1, -0.05) is 25.6 Å². The van der Waals surface area contributed by atoms with Gasteiger partial charge in [0.25, 0.3) is 11.8 Å². The Bertz CT molecular complexity index is 625. The number of hydrogen-bond donors (Lipinski definition) is 2. The molecule has 0 saturated heterocycles. The minimum atomic E-state index is -0.338. The number of benzene rings is 1. The number of amidine groups is 1. The van der Waals surface area contributed by atoms with E-state index >= 15 is 0 Å². The van der Waals surface area contributed by atoms with Gasteiger partial charge in [0.15, 0.2) is 5.17 Å². The molecule has 3 rings (SSSR count). The molecule has 0 spiro atoms. The lowest BCUT2D eigenvalue weighted by Gasteiger charge is -2.08. The number of carbonyl (C=O) groups excluding carboxylic acids is 2. The van der Waals surface area contributed by atoms with Gasteiger partial charge in [-0.05, 0) is 24.1 Å². The van der Waals surface area contributed by atoms with Crippen molar-refractivity contribution in [1.29, 1.82) is 0 Å². The normalized spacial score (nSPS) is 20.9. The third-order valence-electron chi connectivity index (χ3n) is 3.43. The van der Waals surface area contributed by atoms with Crippen LogP contribution in [0.5, 0.6) is 0 Å². The molecule has 1 aromatic rings. The van der Waals surface area contributed by atoms with Gasteiger partial charge >= 0.3 is 0 Å². The number of thioether (sulfide) groups is 1. The molecule has 0 radical (unpaired) electrons. The smallest absolute Gasteiger partial charge is 0.259 e. The zero-order chi connectivity index (χ0) is 14.3. The van der Waals surface area contributed by atoms with Gasteiger partial charge in [-0.2, -0.15) is 0 Å². The summed E-state index contributed by atoms with van der Waals surface area (Å²) < 4.78 is 0. The fourth-order valence-corrected chi connectivity index (χ4v) is 3.36. The number of carbonyl (C=O) groups is 2. The molecule has 1 atom stereocenters. The maximum atomic E-state index is 11.6. The quantitative estimate of drug-likeness (QED) is 0.818. The number of nitrogens with zero attached hydrogens (tertiary/aromatic N) is 1. The number of amides is 2. The number of rotatable bonds is 2. The van der Waals surface area contributed by atoms with E-state index < -0.39 is 0 Å². The van der Waals surface area contributed by atoms with Crippen LogP contribution in [0.25, 0.3) is 0 Å². The molecule has 1 aromatic carbocycles. The van der Waals surface area contributed by atoms with Crippen LogP contribution in [0.4, 0.5) is 5.69 Å². The SMILES string of the molecule is CC(C)C1CSC(Nc2ccc3c(c2)C(=O)NC3=O)=N1. The van der Waals surface area contributed by atoms with E-state index in [4.69, 9.17) is 0 Å². The van der Waals surface area contributed by atoms with Crippen molar-refractivity contribution < 1.29 is 9.59 Å². The number of imide groups is 1. The number of fused-ring (bicyclic) bond motifs is 1. The summed E-state index contributed by atoms with van der Waals surface area (Å²) in [7, 11) is 0. The van der Waals surface area contributed by atoms with Crippen LogP contribution in [-0.2, 0) is 0 Å². The fraction of sp³-hybridized carbons (Fsp3) is 0.357. The molecule has 0 fully saturated rings. The largest absolute Gasteiger partial charge is 0.335 e. The van der Waals surface area contributed by atoms with E-state index in [1.54, 1.807) is 30.0 Å². The van der Waals surface area contributed by atoms with Crippen LogP contribution in [0.15, 0.2) is 23.2 Å². The Labute approximate surface area is 121 Å². The molecule has 6 heteroatoms. The molecule has 20 heavy (non-hydrogen) atoms.